The van der Waals surface area contributed by atoms with E-state index in [1.54, 1.807) is 12.1 Å². The molecule has 0 amide bonds. The Morgan fingerprint density at radius 3 is 2.73 bits per heavy atom. The standard InChI is InChI=1S/C20H12N2O4/c1-11-8-17(23)25-16-9-12(6-7-13(11)16)24-20-19-18(21-10-22-20)14-4-2-3-5-15(14)26-19/h2-10H,1H3. The van der Waals surface area contributed by atoms with Crippen molar-refractivity contribution in [1.29, 1.82) is 0 Å². The zero-order chi connectivity index (χ0) is 17.7. The Bertz CT molecular complexity index is 1350. The maximum Gasteiger partial charge on any atom is 0.336 e. The molecular weight excluding hydrogens is 332 g/mol. The van der Waals surface area contributed by atoms with Gasteiger partial charge in [-0.25, -0.2) is 9.78 Å². The number of hydrogen-bond donors (Lipinski definition) is 0. The van der Waals surface area contributed by atoms with Crippen LogP contribution in [0.25, 0.3) is 33.0 Å². The zero-order valence-electron chi connectivity index (χ0n) is 13.7. The summed E-state index contributed by atoms with van der Waals surface area (Å²) >= 11 is 0. The molecule has 0 aliphatic rings. The van der Waals surface area contributed by atoms with Crippen LogP contribution in [-0.2, 0) is 0 Å². The maximum atomic E-state index is 11.6. The highest BCUT2D eigenvalue weighted by Crippen LogP contribution is 2.34. The first-order valence-corrected chi connectivity index (χ1v) is 8.04. The molecule has 5 aromatic rings. The smallest absolute Gasteiger partial charge is 0.336 e. The molecule has 126 valence electrons. The van der Waals surface area contributed by atoms with Gasteiger partial charge in [0.25, 0.3) is 5.88 Å². The Balaban J connectivity index is 1.65. The van der Waals surface area contributed by atoms with E-state index in [0.717, 1.165) is 16.3 Å². The summed E-state index contributed by atoms with van der Waals surface area (Å²) in [6, 6.07) is 14.4. The van der Waals surface area contributed by atoms with Crippen molar-refractivity contribution in [3.63, 3.8) is 0 Å². The first-order chi connectivity index (χ1) is 12.7. The highest BCUT2D eigenvalue weighted by Gasteiger charge is 2.15. The minimum absolute atomic E-state index is 0.306. The van der Waals surface area contributed by atoms with Crippen LogP contribution in [0.5, 0.6) is 11.6 Å². The number of rotatable bonds is 2. The van der Waals surface area contributed by atoms with Crippen molar-refractivity contribution >= 4 is 33.0 Å². The fourth-order valence-electron chi connectivity index (χ4n) is 3.06. The van der Waals surface area contributed by atoms with E-state index in [0.29, 0.717) is 33.9 Å². The molecule has 0 bridgehead atoms. The molecule has 0 saturated carbocycles. The molecule has 3 aromatic heterocycles. The summed E-state index contributed by atoms with van der Waals surface area (Å²) in [5.74, 6) is 0.798. The predicted octanol–water partition coefficient (Wildman–Crippen LogP) is 4.58. The fraction of sp³-hybridized carbons (Fsp3) is 0.0500. The van der Waals surface area contributed by atoms with Crippen LogP contribution in [0.3, 0.4) is 0 Å². The van der Waals surface area contributed by atoms with Crippen molar-refractivity contribution < 1.29 is 13.6 Å². The van der Waals surface area contributed by atoms with Crippen molar-refractivity contribution in [2.45, 2.75) is 6.92 Å². The summed E-state index contributed by atoms with van der Waals surface area (Å²) in [4.78, 5) is 20.1. The van der Waals surface area contributed by atoms with Gasteiger partial charge in [0.15, 0.2) is 0 Å². The topological polar surface area (TPSA) is 78.4 Å². The van der Waals surface area contributed by atoms with Gasteiger partial charge in [0.1, 0.15) is 28.8 Å². The quantitative estimate of drug-likeness (QED) is 0.436. The summed E-state index contributed by atoms with van der Waals surface area (Å²) in [6.45, 7) is 1.86. The number of hydrogen-bond acceptors (Lipinski definition) is 6. The third-order valence-corrected chi connectivity index (χ3v) is 4.26. The third-order valence-electron chi connectivity index (χ3n) is 4.26. The van der Waals surface area contributed by atoms with E-state index < -0.39 is 5.63 Å². The molecule has 0 N–H and O–H groups in total. The summed E-state index contributed by atoms with van der Waals surface area (Å²) in [5.41, 5.74) is 2.79. The second-order valence-corrected chi connectivity index (χ2v) is 5.96. The Hall–Kier alpha value is -3.67. The minimum Gasteiger partial charge on any atom is -0.449 e. The van der Waals surface area contributed by atoms with Crippen molar-refractivity contribution in [3.8, 4) is 11.6 Å². The lowest BCUT2D eigenvalue weighted by Crippen LogP contribution is -1.98. The van der Waals surface area contributed by atoms with Crippen molar-refractivity contribution in [2.75, 3.05) is 0 Å². The molecule has 6 nitrogen and oxygen atoms in total. The van der Waals surface area contributed by atoms with Crippen LogP contribution in [0.4, 0.5) is 0 Å². The van der Waals surface area contributed by atoms with E-state index in [-0.39, 0.29) is 0 Å². The van der Waals surface area contributed by atoms with E-state index in [9.17, 15) is 4.79 Å². The van der Waals surface area contributed by atoms with Crippen LogP contribution in [0, 0.1) is 6.92 Å². The number of aryl methyl sites for hydroxylation is 1. The molecule has 2 aromatic carbocycles. The van der Waals surface area contributed by atoms with Gasteiger partial charge in [-0.1, -0.05) is 12.1 Å². The number of benzene rings is 2. The molecule has 0 unspecified atom stereocenters. The lowest BCUT2D eigenvalue weighted by atomic mass is 10.1. The van der Waals surface area contributed by atoms with Crippen molar-refractivity contribution in [3.05, 3.63) is 70.8 Å². The molecule has 0 atom stereocenters. The fourth-order valence-corrected chi connectivity index (χ4v) is 3.06. The number of ether oxygens (including phenoxy) is 1. The Morgan fingerprint density at radius 2 is 1.81 bits per heavy atom. The second-order valence-electron chi connectivity index (χ2n) is 5.96. The minimum atomic E-state index is -0.395. The summed E-state index contributed by atoms with van der Waals surface area (Å²) in [7, 11) is 0. The average molecular weight is 344 g/mol. The van der Waals surface area contributed by atoms with Crippen LogP contribution in [0.2, 0.25) is 0 Å². The first kappa shape index (κ1) is 14.7. The number of aromatic nitrogens is 2. The summed E-state index contributed by atoms with van der Waals surface area (Å²) in [6.07, 6.45) is 1.44. The van der Waals surface area contributed by atoms with Gasteiger partial charge >= 0.3 is 5.63 Å². The van der Waals surface area contributed by atoms with Gasteiger partial charge in [-0.15, -0.1) is 0 Å². The van der Waals surface area contributed by atoms with E-state index in [1.165, 1.54) is 12.4 Å². The molecule has 5 rings (SSSR count). The molecule has 0 aliphatic carbocycles. The van der Waals surface area contributed by atoms with E-state index in [1.807, 2.05) is 37.3 Å². The van der Waals surface area contributed by atoms with Crippen molar-refractivity contribution in [1.82, 2.24) is 9.97 Å². The van der Waals surface area contributed by atoms with E-state index in [4.69, 9.17) is 13.6 Å². The van der Waals surface area contributed by atoms with Crippen LogP contribution < -0.4 is 10.4 Å². The van der Waals surface area contributed by atoms with E-state index in [2.05, 4.69) is 9.97 Å². The van der Waals surface area contributed by atoms with Gasteiger partial charge in [0.05, 0.1) is 0 Å². The largest absolute Gasteiger partial charge is 0.449 e. The van der Waals surface area contributed by atoms with Crippen molar-refractivity contribution in [2.24, 2.45) is 0 Å². The Kier molecular flexibility index (Phi) is 3.05. The predicted molar refractivity (Wildman–Crippen MR) is 96.6 cm³/mol. The molecule has 3 heterocycles. The molecule has 0 spiro atoms. The third kappa shape index (κ3) is 2.23. The zero-order valence-corrected chi connectivity index (χ0v) is 13.7. The summed E-state index contributed by atoms with van der Waals surface area (Å²) in [5, 5.41) is 1.75. The molecule has 0 saturated heterocycles. The second kappa shape index (κ2) is 5.42. The van der Waals surface area contributed by atoms with Gasteiger partial charge in [-0.2, -0.15) is 4.98 Å². The van der Waals surface area contributed by atoms with Crippen LogP contribution in [0.1, 0.15) is 5.56 Å². The molecule has 0 aliphatic heterocycles. The van der Waals surface area contributed by atoms with Crippen LogP contribution >= 0.6 is 0 Å². The highest BCUT2D eigenvalue weighted by molar-refractivity contribution is 6.03. The SMILES string of the molecule is Cc1cc(=O)oc2cc(Oc3ncnc4c3oc3ccccc34)ccc12. The van der Waals surface area contributed by atoms with Gasteiger partial charge < -0.3 is 13.6 Å². The first-order valence-electron chi connectivity index (χ1n) is 8.04. The van der Waals surface area contributed by atoms with Gasteiger partial charge in [0.2, 0.25) is 5.58 Å². The molecule has 6 heteroatoms. The Labute approximate surface area is 146 Å². The summed E-state index contributed by atoms with van der Waals surface area (Å²) < 4.78 is 17.0. The average Bonchev–Trinajstić information content (AvgIpc) is 3.01. The number of furan rings is 1. The number of para-hydroxylation sites is 1. The van der Waals surface area contributed by atoms with Gasteiger partial charge in [-0.3, -0.25) is 0 Å². The molecule has 26 heavy (non-hydrogen) atoms. The molecule has 0 fully saturated rings. The van der Waals surface area contributed by atoms with Crippen LogP contribution in [0.15, 0.2) is 68.5 Å². The van der Waals surface area contributed by atoms with Gasteiger partial charge in [0, 0.05) is 22.9 Å². The van der Waals surface area contributed by atoms with Crippen LogP contribution in [-0.4, -0.2) is 9.97 Å². The lowest BCUT2D eigenvalue weighted by Gasteiger charge is -2.06. The molecular formula is C20H12N2O4. The Morgan fingerprint density at radius 1 is 0.923 bits per heavy atom. The highest BCUT2D eigenvalue weighted by atomic mass is 16.5. The normalized spacial score (nSPS) is 11.4. The maximum absolute atomic E-state index is 11.6. The number of fused-ring (bicyclic) bond motifs is 4. The lowest BCUT2D eigenvalue weighted by molar-refractivity contribution is 0.455. The van der Waals surface area contributed by atoms with Gasteiger partial charge in [-0.05, 0) is 36.8 Å². The molecule has 0 radical (unpaired) electrons. The van der Waals surface area contributed by atoms with E-state index >= 15 is 0 Å². The monoisotopic (exact) mass is 344 g/mol. The number of nitrogens with zero attached hydrogens (tertiary/aromatic N) is 2.